The Morgan fingerprint density at radius 1 is 1.64 bits per heavy atom. The molecule has 0 fully saturated rings. The minimum atomic E-state index is -0.944. The second-order valence-electron chi connectivity index (χ2n) is 1.71. The van der Waals surface area contributed by atoms with Crippen molar-refractivity contribution in [3.63, 3.8) is 0 Å². The van der Waals surface area contributed by atoms with Crippen LogP contribution in [0.4, 0.5) is 0 Å². The highest BCUT2D eigenvalue weighted by Gasteiger charge is 1.84. The maximum Gasteiger partial charge on any atom is 0.328 e. The van der Waals surface area contributed by atoms with Crippen molar-refractivity contribution >= 4 is 17.7 Å². The molecule has 0 aliphatic rings. The predicted octanol–water partition coefficient (Wildman–Crippen LogP) is 1.83. The van der Waals surface area contributed by atoms with Gasteiger partial charge in [-0.1, -0.05) is 0 Å². The second kappa shape index (κ2) is 5.85. The fourth-order valence-electron chi connectivity index (χ4n) is 0.281. The van der Waals surface area contributed by atoms with E-state index >= 15 is 0 Å². The maximum absolute atomic E-state index is 9.96. The molecule has 0 heterocycles. The molecule has 1 N–H and O–H groups in total. The minimum absolute atomic E-state index is 0.755. The van der Waals surface area contributed by atoms with Crippen LogP contribution in [-0.4, -0.2) is 18.2 Å². The third-order valence-corrected chi connectivity index (χ3v) is 1.61. The van der Waals surface area contributed by atoms with Crippen LogP contribution < -0.4 is 0 Å². The second-order valence-corrected chi connectivity index (χ2v) is 2.49. The van der Waals surface area contributed by atoms with E-state index < -0.39 is 5.97 Å². The Hall–Kier alpha value is -0.900. The quantitative estimate of drug-likeness (QED) is 0.521. The topological polar surface area (TPSA) is 46.5 Å². The van der Waals surface area contributed by atoms with Gasteiger partial charge in [-0.05, 0) is 12.3 Å². The lowest BCUT2D eigenvalue weighted by molar-refractivity contribution is -0.131. The Labute approximate surface area is 69.7 Å². The van der Waals surface area contributed by atoms with Crippen molar-refractivity contribution in [1.82, 2.24) is 0 Å². The van der Waals surface area contributed by atoms with Crippen LogP contribution in [0.5, 0.6) is 0 Å². The molecule has 0 aliphatic heterocycles. The third kappa shape index (κ3) is 6.99. The third-order valence-electron chi connectivity index (χ3n) is 0.845. The largest absolute Gasteiger partial charge is 0.501 e. The zero-order valence-corrected chi connectivity index (χ0v) is 7.22. The lowest BCUT2D eigenvalue weighted by Gasteiger charge is -1.94. The summed E-state index contributed by atoms with van der Waals surface area (Å²) in [6.45, 7) is 1.79. The van der Waals surface area contributed by atoms with E-state index in [2.05, 4.69) is 0 Å². The summed E-state index contributed by atoms with van der Waals surface area (Å²) in [4.78, 5) is 9.96. The van der Waals surface area contributed by atoms with E-state index in [4.69, 9.17) is 9.84 Å². The number of methoxy groups -OCH3 is 1. The van der Waals surface area contributed by atoms with Gasteiger partial charge in [0.25, 0.3) is 0 Å². The summed E-state index contributed by atoms with van der Waals surface area (Å²) in [6.07, 6.45) is 1.07. The van der Waals surface area contributed by atoms with Crippen LogP contribution in [0.3, 0.4) is 0 Å². The summed E-state index contributed by atoms with van der Waals surface area (Å²) in [6, 6.07) is 0. The number of carbonyl (C=O) groups is 1. The van der Waals surface area contributed by atoms with E-state index in [9.17, 15) is 4.79 Å². The molecule has 0 saturated carbocycles. The number of hydrogen-bond acceptors (Lipinski definition) is 3. The minimum Gasteiger partial charge on any atom is -0.501 e. The van der Waals surface area contributed by atoms with Crippen molar-refractivity contribution in [2.45, 2.75) is 6.92 Å². The smallest absolute Gasteiger partial charge is 0.328 e. The van der Waals surface area contributed by atoms with E-state index in [-0.39, 0.29) is 0 Å². The first kappa shape index (κ1) is 10.1. The van der Waals surface area contributed by atoms with Gasteiger partial charge in [-0.2, -0.15) is 0 Å². The molecule has 0 unspecified atom stereocenters. The van der Waals surface area contributed by atoms with E-state index in [1.165, 1.54) is 17.2 Å². The molecule has 0 saturated heterocycles. The Morgan fingerprint density at radius 2 is 2.27 bits per heavy atom. The molecule has 0 aromatic rings. The molecule has 0 aromatic carbocycles. The molecule has 0 aliphatic carbocycles. The number of allylic oxidation sites excluding steroid dienone is 1. The number of aliphatic carboxylic acids is 1. The monoisotopic (exact) mass is 174 g/mol. The zero-order valence-electron chi connectivity index (χ0n) is 6.40. The number of ether oxygens (including phenoxy) is 1. The van der Waals surface area contributed by atoms with Gasteiger partial charge in [-0.3, -0.25) is 0 Å². The lowest BCUT2D eigenvalue weighted by atomic mass is 10.7. The summed E-state index contributed by atoms with van der Waals surface area (Å²) in [5, 5.41) is 11.4. The molecule has 0 radical (unpaired) electrons. The first-order valence-electron chi connectivity index (χ1n) is 2.92. The molecule has 0 atom stereocenters. The molecule has 0 bridgehead atoms. The van der Waals surface area contributed by atoms with Crippen molar-refractivity contribution in [2.75, 3.05) is 7.11 Å². The molecule has 0 spiro atoms. The van der Waals surface area contributed by atoms with Gasteiger partial charge in [0.15, 0.2) is 0 Å². The van der Waals surface area contributed by atoms with Gasteiger partial charge in [-0.25, -0.2) is 4.79 Å². The van der Waals surface area contributed by atoms with Gasteiger partial charge in [0.2, 0.25) is 0 Å². The van der Waals surface area contributed by atoms with Crippen LogP contribution in [0.1, 0.15) is 6.92 Å². The predicted molar refractivity (Wildman–Crippen MR) is 45.1 cm³/mol. The van der Waals surface area contributed by atoms with Crippen molar-refractivity contribution in [3.05, 3.63) is 22.7 Å². The van der Waals surface area contributed by atoms with Crippen LogP contribution in [0, 0.1) is 0 Å². The Bertz CT molecular complexity index is 184. The van der Waals surface area contributed by atoms with Crippen LogP contribution >= 0.6 is 11.8 Å². The van der Waals surface area contributed by atoms with Gasteiger partial charge in [0.05, 0.1) is 12.9 Å². The average Bonchev–Trinajstić information content (AvgIpc) is 1.97. The fourth-order valence-corrected chi connectivity index (χ4v) is 0.842. The standard InChI is InChI=1S/C7H10O3S/c1-6(10-2)5-11-4-3-7(8)9/h3-5H,1-2H3,(H,8,9)/b4-3+,6-5+. The number of hydrogen-bond donors (Lipinski definition) is 1. The molecular formula is C7H10O3S. The van der Waals surface area contributed by atoms with Crippen LogP contribution in [0.25, 0.3) is 0 Å². The van der Waals surface area contributed by atoms with Gasteiger partial charge >= 0.3 is 5.97 Å². The molecule has 3 nitrogen and oxygen atoms in total. The maximum atomic E-state index is 9.96. The van der Waals surface area contributed by atoms with Gasteiger partial charge in [-0.15, -0.1) is 11.8 Å². The van der Waals surface area contributed by atoms with Crippen molar-refractivity contribution in [2.24, 2.45) is 0 Å². The highest BCUT2D eigenvalue weighted by Crippen LogP contribution is 2.07. The van der Waals surface area contributed by atoms with Crippen molar-refractivity contribution < 1.29 is 14.6 Å². The molecule has 0 amide bonds. The molecule has 11 heavy (non-hydrogen) atoms. The first-order chi connectivity index (χ1) is 5.16. The summed E-state index contributed by atoms with van der Waals surface area (Å²) in [5.74, 6) is -0.189. The van der Waals surface area contributed by atoms with E-state index in [0.717, 1.165) is 11.8 Å². The number of rotatable bonds is 4. The van der Waals surface area contributed by atoms with Crippen molar-refractivity contribution in [1.29, 1.82) is 0 Å². The Morgan fingerprint density at radius 3 is 2.73 bits per heavy atom. The van der Waals surface area contributed by atoms with Crippen molar-refractivity contribution in [3.8, 4) is 0 Å². The lowest BCUT2D eigenvalue weighted by Crippen LogP contribution is -1.83. The van der Waals surface area contributed by atoms with E-state index in [1.54, 1.807) is 19.4 Å². The summed E-state index contributed by atoms with van der Waals surface area (Å²) >= 11 is 1.27. The summed E-state index contributed by atoms with van der Waals surface area (Å²) in [5.41, 5.74) is 0. The van der Waals surface area contributed by atoms with E-state index in [0.29, 0.717) is 0 Å². The zero-order chi connectivity index (χ0) is 8.69. The van der Waals surface area contributed by atoms with Crippen LogP contribution in [-0.2, 0) is 9.53 Å². The van der Waals surface area contributed by atoms with Gasteiger partial charge in [0.1, 0.15) is 0 Å². The van der Waals surface area contributed by atoms with Crippen LogP contribution in [0.2, 0.25) is 0 Å². The number of thioether (sulfide) groups is 1. The summed E-state index contributed by atoms with van der Waals surface area (Å²) < 4.78 is 4.82. The molecular weight excluding hydrogens is 164 g/mol. The molecule has 62 valence electrons. The Kier molecular flexibility index (Phi) is 5.37. The number of carboxylic acids is 1. The summed E-state index contributed by atoms with van der Waals surface area (Å²) in [7, 11) is 1.56. The van der Waals surface area contributed by atoms with Gasteiger partial charge < -0.3 is 9.84 Å². The highest BCUT2D eigenvalue weighted by molar-refractivity contribution is 8.04. The molecule has 0 rings (SSSR count). The first-order valence-corrected chi connectivity index (χ1v) is 3.87. The van der Waals surface area contributed by atoms with Crippen LogP contribution in [0.15, 0.2) is 22.7 Å². The highest BCUT2D eigenvalue weighted by atomic mass is 32.2. The van der Waals surface area contributed by atoms with E-state index in [1.807, 2.05) is 0 Å². The Balaban J connectivity index is 3.64. The molecule has 0 aromatic heterocycles. The average molecular weight is 174 g/mol. The normalized spacial score (nSPS) is 12.0. The molecule has 4 heteroatoms. The SMILES string of the molecule is CO/C(C)=C/S/C=C/C(=O)O. The fraction of sp³-hybridized carbons (Fsp3) is 0.286. The number of carboxylic acid groups (broad SMARTS) is 1. The van der Waals surface area contributed by atoms with Gasteiger partial charge in [0, 0.05) is 11.5 Å².